The van der Waals surface area contributed by atoms with Gasteiger partial charge in [0, 0.05) is 16.8 Å². The summed E-state index contributed by atoms with van der Waals surface area (Å²) in [6.45, 7) is 6.14. The SMILES string of the molecule is COC(=O)c1sc(-c2ccc(B(O)O)cc2)cc1N(C(=O)[C@H]1CC[C@H](C)CC1)C(C)C. The predicted octanol–water partition coefficient (Wildman–Crippen LogP) is 3.45. The van der Waals surface area contributed by atoms with Crippen molar-refractivity contribution in [2.24, 2.45) is 11.8 Å². The molecule has 31 heavy (non-hydrogen) atoms. The zero-order valence-electron chi connectivity index (χ0n) is 18.5. The van der Waals surface area contributed by atoms with Gasteiger partial charge in [-0.2, -0.15) is 0 Å². The van der Waals surface area contributed by atoms with E-state index in [1.165, 1.54) is 18.4 Å². The summed E-state index contributed by atoms with van der Waals surface area (Å²) in [5.41, 5.74) is 1.80. The van der Waals surface area contributed by atoms with E-state index >= 15 is 0 Å². The Labute approximate surface area is 188 Å². The Morgan fingerprint density at radius 3 is 2.26 bits per heavy atom. The maximum absolute atomic E-state index is 13.5. The Bertz CT molecular complexity index is 917. The second-order valence-corrected chi connectivity index (χ2v) is 9.62. The molecule has 6 nitrogen and oxygen atoms in total. The van der Waals surface area contributed by atoms with Gasteiger partial charge in [0.25, 0.3) is 0 Å². The van der Waals surface area contributed by atoms with Crippen LogP contribution < -0.4 is 10.4 Å². The molecule has 1 aromatic heterocycles. The van der Waals surface area contributed by atoms with E-state index < -0.39 is 13.1 Å². The maximum atomic E-state index is 13.5. The summed E-state index contributed by atoms with van der Waals surface area (Å²) >= 11 is 1.28. The molecular formula is C23H30BNO5S. The Kier molecular flexibility index (Phi) is 7.57. The number of carbonyl (C=O) groups excluding carboxylic acids is 2. The summed E-state index contributed by atoms with van der Waals surface area (Å²) in [5.74, 6) is 0.215. The summed E-state index contributed by atoms with van der Waals surface area (Å²) in [5, 5.41) is 18.7. The Morgan fingerprint density at radius 2 is 1.74 bits per heavy atom. The average Bonchev–Trinajstić information content (AvgIpc) is 3.18. The molecular weight excluding hydrogens is 413 g/mol. The van der Waals surface area contributed by atoms with E-state index in [0.717, 1.165) is 36.1 Å². The highest BCUT2D eigenvalue weighted by molar-refractivity contribution is 7.18. The third kappa shape index (κ3) is 5.19. The van der Waals surface area contributed by atoms with Gasteiger partial charge in [-0.3, -0.25) is 4.79 Å². The second kappa shape index (κ2) is 9.98. The molecule has 2 N–H and O–H groups in total. The number of hydrogen-bond acceptors (Lipinski definition) is 6. The van der Waals surface area contributed by atoms with Crippen LogP contribution in [0.25, 0.3) is 10.4 Å². The van der Waals surface area contributed by atoms with Crippen LogP contribution in [-0.2, 0) is 9.53 Å². The van der Waals surface area contributed by atoms with E-state index in [9.17, 15) is 19.6 Å². The molecule has 0 aliphatic heterocycles. The third-order valence-electron chi connectivity index (χ3n) is 5.96. The fourth-order valence-electron chi connectivity index (χ4n) is 4.12. The molecule has 8 heteroatoms. The van der Waals surface area contributed by atoms with Crippen molar-refractivity contribution in [1.82, 2.24) is 0 Å². The minimum Gasteiger partial charge on any atom is -0.465 e. The number of esters is 1. The van der Waals surface area contributed by atoms with Gasteiger partial charge in [-0.1, -0.05) is 31.2 Å². The monoisotopic (exact) mass is 443 g/mol. The van der Waals surface area contributed by atoms with Crippen LogP contribution in [-0.4, -0.2) is 42.2 Å². The number of benzene rings is 1. The highest BCUT2D eigenvalue weighted by Crippen LogP contribution is 2.40. The molecule has 0 radical (unpaired) electrons. The topological polar surface area (TPSA) is 87.1 Å². The molecule has 1 fully saturated rings. The molecule has 3 rings (SSSR count). The number of methoxy groups -OCH3 is 1. The van der Waals surface area contributed by atoms with Crippen LogP contribution in [0.1, 0.15) is 56.1 Å². The second-order valence-electron chi connectivity index (χ2n) is 8.57. The first-order valence-corrected chi connectivity index (χ1v) is 11.6. The first-order valence-electron chi connectivity index (χ1n) is 10.7. The fraction of sp³-hybridized carbons (Fsp3) is 0.478. The van der Waals surface area contributed by atoms with Crippen molar-refractivity contribution >= 4 is 41.5 Å². The maximum Gasteiger partial charge on any atom is 0.488 e. The van der Waals surface area contributed by atoms with E-state index in [1.54, 1.807) is 29.2 Å². The lowest BCUT2D eigenvalue weighted by Gasteiger charge is -2.33. The van der Waals surface area contributed by atoms with Crippen LogP contribution in [0.5, 0.6) is 0 Å². The van der Waals surface area contributed by atoms with E-state index in [2.05, 4.69) is 6.92 Å². The zero-order chi connectivity index (χ0) is 22.7. The number of rotatable bonds is 6. The Morgan fingerprint density at radius 1 is 1.13 bits per heavy atom. The molecule has 0 spiro atoms. The lowest BCUT2D eigenvalue weighted by atomic mass is 9.80. The third-order valence-corrected chi connectivity index (χ3v) is 7.11. The molecule has 0 saturated heterocycles. The van der Waals surface area contributed by atoms with Crippen LogP contribution in [0.2, 0.25) is 0 Å². The van der Waals surface area contributed by atoms with E-state index in [0.29, 0.717) is 21.9 Å². The van der Waals surface area contributed by atoms with Gasteiger partial charge in [0.15, 0.2) is 0 Å². The highest BCUT2D eigenvalue weighted by Gasteiger charge is 2.33. The summed E-state index contributed by atoms with van der Waals surface area (Å²) in [4.78, 5) is 29.0. The Balaban J connectivity index is 2.00. The summed E-state index contributed by atoms with van der Waals surface area (Å²) in [7, 11) is -0.196. The predicted molar refractivity (Wildman–Crippen MR) is 125 cm³/mol. The van der Waals surface area contributed by atoms with Crippen LogP contribution in [0.3, 0.4) is 0 Å². The van der Waals surface area contributed by atoms with Crippen molar-refractivity contribution in [1.29, 1.82) is 0 Å². The number of thiophene rings is 1. The first kappa shape index (κ1) is 23.5. The number of anilines is 1. The van der Waals surface area contributed by atoms with Crippen LogP contribution >= 0.6 is 11.3 Å². The normalized spacial score (nSPS) is 18.7. The first-order chi connectivity index (χ1) is 14.7. The molecule has 1 aromatic carbocycles. The van der Waals surface area contributed by atoms with Gasteiger partial charge in [0.2, 0.25) is 5.91 Å². The van der Waals surface area contributed by atoms with Gasteiger partial charge in [-0.15, -0.1) is 11.3 Å². The molecule has 1 amide bonds. The number of amides is 1. The van der Waals surface area contributed by atoms with Crippen molar-refractivity contribution in [2.75, 3.05) is 12.0 Å². The molecule has 166 valence electrons. The molecule has 1 heterocycles. The fourth-order valence-corrected chi connectivity index (χ4v) is 5.19. The number of ether oxygens (including phenoxy) is 1. The van der Waals surface area contributed by atoms with Gasteiger partial charge in [-0.25, -0.2) is 4.79 Å². The quantitative estimate of drug-likeness (QED) is 0.528. The number of carbonyl (C=O) groups is 2. The average molecular weight is 443 g/mol. The van der Waals surface area contributed by atoms with Crippen molar-refractivity contribution in [3.05, 3.63) is 35.2 Å². The van der Waals surface area contributed by atoms with Gasteiger partial charge < -0.3 is 19.7 Å². The zero-order valence-corrected chi connectivity index (χ0v) is 19.3. The van der Waals surface area contributed by atoms with Crippen molar-refractivity contribution in [3.8, 4) is 10.4 Å². The molecule has 1 saturated carbocycles. The number of hydrogen-bond donors (Lipinski definition) is 2. The minimum atomic E-state index is -1.54. The van der Waals surface area contributed by atoms with E-state index in [-0.39, 0.29) is 17.9 Å². The molecule has 0 unspecified atom stereocenters. The Hall–Kier alpha value is -2.16. The summed E-state index contributed by atoms with van der Waals surface area (Å²) in [6, 6.07) is 8.57. The van der Waals surface area contributed by atoms with Crippen molar-refractivity contribution < 1.29 is 24.4 Å². The molecule has 1 aliphatic carbocycles. The van der Waals surface area contributed by atoms with Gasteiger partial charge in [0.05, 0.1) is 12.8 Å². The molecule has 1 aliphatic rings. The molecule has 2 aromatic rings. The van der Waals surface area contributed by atoms with Gasteiger partial charge in [-0.05, 0) is 62.5 Å². The molecule has 0 bridgehead atoms. The summed E-state index contributed by atoms with van der Waals surface area (Å²) < 4.78 is 5.01. The van der Waals surface area contributed by atoms with Gasteiger partial charge in [0.1, 0.15) is 4.88 Å². The standard InChI is InChI=1S/C23H30BNO5S/c1-14(2)25(22(26)17-7-5-15(3)6-8-17)19-13-20(31-21(19)23(27)30-4)16-9-11-18(12-10-16)24(28)29/h9-15,17,28-29H,5-8H2,1-4H3/t15-,17-. The van der Waals surface area contributed by atoms with E-state index in [4.69, 9.17) is 4.74 Å². The van der Waals surface area contributed by atoms with Crippen LogP contribution in [0.4, 0.5) is 5.69 Å². The minimum absolute atomic E-state index is 0.0298. The smallest absolute Gasteiger partial charge is 0.465 e. The lowest BCUT2D eigenvalue weighted by Crippen LogP contribution is -2.42. The van der Waals surface area contributed by atoms with Crippen molar-refractivity contribution in [2.45, 2.75) is 52.5 Å². The lowest BCUT2D eigenvalue weighted by molar-refractivity contribution is -0.123. The van der Waals surface area contributed by atoms with Crippen LogP contribution in [0, 0.1) is 11.8 Å². The number of nitrogens with zero attached hydrogens (tertiary/aromatic N) is 1. The van der Waals surface area contributed by atoms with Crippen LogP contribution in [0.15, 0.2) is 30.3 Å². The molecule has 0 atom stereocenters. The van der Waals surface area contributed by atoms with Crippen molar-refractivity contribution in [3.63, 3.8) is 0 Å². The highest BCUT2D eigenvalue weighted by atomic mass is 32.1. The van der Waals surface area contributed by atoms with Gasteiger partial charge >= 0.3 is 13.1 Å². The largest absolute Gasteiger partial charge is 0.488 e. The van der Waals surface area contributed by atoms with E-state index in [1.807, 2.05) is 19.9 Å². The summed E-state index contributed by atoms with van der Waals surface area (Å²) in [6.07, 6.45) is 3.84.